The Kier molecular flexibility index (Phi) is 14.7. The summed E-state index contributed by atoms with van der Waals surface area (Å²) in [4.78, 5) is 12.0. The molecule has 0 aliphatic rings. The number of pyridine rings is 1. The summed E-state index contributed by atoms with van der Waals surface area (Å²) >= 11 is 0. The molecule has 0 saturated heterocycles. The number of nitrogens with zero attached hydrogens (tertiary/aromatic N) is 2. The second kappa shape index (κ2) is 16.8. The van der Waals surface area contributed by atoms with Crippen molar-refractivity contribution in [3.8, 4) is 0 Å². The number of fused-ring (bicyclic) bond motifs is 1. The molecule has 0 amide bonds. The van der Waals surface area contributed by atoms with Crippen LogP contribution >= 0.6 is 12.4 Å². The molecule has 166 valence electrons. The van der Waals surface area contributed by atoms with E-state index in [1.807, 2.05) is 36.7 Å². The Morgan fingerprint density at radius 1 is 0.833 bits per heavy atom. The Hall–Kier alpha value is -1.91. The first-order valence-corrected chi connectivity index (χ1v) is 11.4. The topological polar surface area (TPSA) is 67.6 Å². The molecule has 0 spiro atoms. The zero-order valence-corrected chi connectivity index (χ0v) is 19.3. The highest BCUT2D eigenvalue weighted by molar-refractivity contribution is 5.85. The van der Waals surface area contributed by atoms with Crippen LogP contribution in [0.4, 0.5) is 0 Å². The maximum Gasteiger partial charge on any atom is 0.106 e. The average molecular weight is 431 g/mol. The number of hydrogen-bond acceptors (Lipinski definition) is 3. The van der Waals surface area contributed by atoms with Crippen molar-refractivity contribution in [2.45, 2.75) is 77.6 Å². The van der Waals surface area contributed by atoms with Crippen LogP contribution in [0, 0.1) is 0 Å². The van der Waals surface area contributed by atoms with Crippen LogP contribution in [0.5, 0.6) is 0 Å². The van der Waals surface area contributed by atoms with Gasteiger partial charge in [-0.05, 0) is 25.1 Å². The number of para-hydroxylation sites is 1. The third-order valence-electron chi connectivity index (χ3n) is 5.11. The molecule has 30 heavy (non-hydrogen) atoms. The normalized spacial score (nSPS) is 10.3. The maximum atomic E-state index is 5.51. The number of hydrogen-bond donors (Lipinski definition) is 2. The maximum absolute atomic E-state index is 5.51. The molecule has 3 rings (SSSR count). The largest absolute Gasteiger partial charge is 0.348 e. The minimum atomic E-state index is 0. The summed E-state index contributed by atoms with van der Waals surface area (Å²) in [5.41, 5.74) is 7.68. The number of nitrogens with two attached hydrogens (primary N) is 1. The molecule has 0 unspecified atom stereocenters. The van der Waals surface area contributed by atoms with Crippen LogP contribution in [0.25, 0.3) is 10.9 Å². The second-order valence-electron chi connectivity index (χ2n) is 7.65. The molecule has 3 aromatic rings. The van der Waals surface area contributed by atoms with E-state index < -0.39 is 0 Å². The Bertz CT molecular complexity index is 722. The lowest BCUT2D eigenvalue weighted by molar-refractivity contribution is 0.562. The fourth-order valence-corrected chi connectivity index (χ4v) is 3.43. The third-order valence-corrected chi connectivity index (χ3v) is 5.11. The number of imidazole rings is 1. The van der Waals surface area contributed by atoms with E-state index in [0.717, 1.165) is 29.9 Å². The van der Waals surface area contributed by atoms with Crippen LogP contribution in [-0.2, 0) is 12.8 Å². The number of aryl methyl sites for hydroxylation is 1. The van der Waals surface area contributed by atoms with Crippen molar-refractivity contribution < 1.29 is 0 Å². The van der Waals surface area contributed by atoms with Gasteiger partial charge in [-0.3, -0.25) is 4.98 Å². The molecule has 3 N–H and O–H groups in total. The Morgan fingerprint density at radius 2 is 1.50 bits per heavy atom. The van der Waals surface area contributed by atoms with E-state index in [2.05, 4.69) is 34.0 Å². The third kappa shape index (κ3) is 10.7. The summed E-state index contributed by atoms with van der Waals surface area (Å²) in [6.07, 6.45) is 18.2. The van der Waals surface area contributed by atoms with Gasteiger partial charge in [-0.1, -0.05) is 82.6 Å². The van der Waals surface area contributed by atoms with E-state index >= 15 is 0 Å². The molecule has 0 saturated carbocycles. The quantitative estimate of drug-likeness (QED) is 0.316. The van der Waals surface area contributed by atoms with Gasteiger partial charge in [0.25, 0.3) is 0 Å². The summed E-state index contributed by atoms with van der Waals surface area (Å²) < 4.78 is 0. The standard InChI is InChI=1S/C16H31N3.C9H7N.ClH/c1-2-3-4-5-6-7-8-9-10-11-16-18-14-15(19-16)12-13-17;1-2-6-9-8(4-1)5-3-7-10-9;/h14H,2-13,17H2,1H3,(H,18,19);1-7H;1H. The van der Waals surface area contributed by atoms with Gasteiger partial charge in [-0.2, -0.15) is 0 Å². The highest BCUT2D eigenvalue weighted by atomic mass is 35.5. The van der Waals surface area contributed by atoms with Crippen LogP contribution in [0.3, 0.4) is 0 Å². The number of nitrogens with one attached hydrogen (secondary N) is 1. The van der Waals surface area contributed by atoms with Gasteiger partial charge in [-0.15, -0.1) is 12.4 Å². The molecule has 0 fully saturated rings. The molecule has 0 aliphatic heterocycles. The first-order valence-electron chi connectivity index (χ1n) is 11.4. The van der Waals surface area contributed by atoms with Gasteiger partial charge >= 0.3 is 0 Å². The lowest BCUT2D eigenvalue weighted by Crippen LogP contribution is -2.02. The fourth-order valence-electron chi connectivity index (χ4n) is 3.43. The van der Waals surface area contributed by atoms with Crippen LogP contribution in [0.2, 0.25) is 0 Å². The van der Waals surface area contributed by atoms with Crippen molar-refractivity contribution in [3.63, 3.8) is 0 Å². The van der Waals surface area contributed by atoms with Crippen LogP contribution in [0.15, 0.2) is 48.8 Å². The predicted octanol–water partition coefficient (Wildman–Crippen LogP) is 6.64. The van der Waals surface area contributed by atoms with Crippen LogP contribution in [-0.4, -0.2) is 21.5 Å². The number of benzene rings is 1. The monoisotopic (exact) mass is 430 g/mol. The number of H-pyrrole nitrogens is 1. The van der Waals surface area contributed by atoms with E-state index in [1.54, 1.807) is 0 Å². The van der Waals surface area contributed by atoms with Gasteiger partial charge in [0.2, 0.25) is 0 Å². The Labute approximate surface area is 188 Å². The van der Waals surface area contributed by atoms with Crippen molar-refractivity contribution in [3.05, 3.63) is 60.3 Å². The molecule has 4 nitrogen and oxygen atoms in total. The number of aromatic amines is 1. The molecule has 5 heteroatoms. The fraction of sp³-hybridized carbons (Fsp3) is 0.520. The summed E-state index contributed by atoms with van der Waals surface area (Å²) in [6.45, 7) is 2.95. The van der Waals surface area contributed by atoms with E-state index in [0.29, 0.717) is 6.54 Å². The van der Waals surface area contributed by atoms with Gasteiger partial charge in [0.15, 0.2) is 0 Å². The Balaban J connectivity index is 0.000000342. The molecule has 0 bridgehead atoms. The van der Waals surface area contributed by atoms with Crippen LogP contribution < -0.4 is 5.73 Å². The molecule has 0 radical (unpaired) electrons. The van der Waals surface area contributed by atoms with Gasteiger partial charge in [0.1, 0.15) is 5.82 Å². The molecule has 1 aromatic carbocycles. The summed E-state index contributed by atoms with van der Waals surface area (Å²) in [7, 11) is 0. The summed E-state index contributed by atoms with van der Waals surface area (Å²) in [5.74, 6) is 1.13. The lowest BCUT2D eigenvalue weighted by Gasteiger charge is -2.01. The molecular formula is C25H39ClN4. The minimum Gasteiger partial charge on any atom is -0.348 e. The SMILES string of the molecule is CCCCCCCCCCCc1nc(CCN)c[nH]1.Cl.c1ccc2ncccc2c1. The van der Waals surface area contributed by atoms with E-state index in [4.69, 9.17) is 5.73 Å². The highest BCUT2D eigenvalue weighted by Crippen LogP contribution is 2.11. The van der Waals surface area contributed by atoms with Gasteiger partial charge in [0.05, 0.1) is 11.2 Å². The van der Waals surface area contributed by atoms with Crippen molar-refractivity contribution in [2.24, 2.45) is 5.73 Å². The first kappa shape index (κ1) is 26.1. The van der Waals surface area contributed by atoms with Gasteiger partial charge in [-0.25, -0.2) is 4.98 Å². The average Bonchev–Trinajstić information content (AvgIpc) is 3.21. The van der Waals surface area contributed by atoms with Crippen molar-refractivity contribution in [2.75, 3.05) is 6.54 Å². The zero-order valence-electron chi connectivity index (χ0n) is 18.5. The lowest BCUT2D eigenvalue weighted by atomic mass is 10.1. The number of unbranched alkanes of at least 4 members (excludes halogenated alkanes) is 8. The first-order chi connectivity index (χ1) is 14.3. The molecule has 2 heterocycles. The van der Waals surface area contributed by atoms with E-state index in [1.165, 1.54) is 63.2 Å². The number of halogens is 1. The van der Waals surface area contributed by atoms with E-state index in [-0.39, 0.29) is 12.4 Å². The smallest absolute Gasteiger partial charge is 0.106 e. The van der Waals surface area contributed by atoms with Crippen LogP contribution in [0.1, 0.15) is 76.2 Å². The molecule has 0 aliphatic carbocycles. The zero-order chi connectivity index (χ0) is 20.6. The predicted molar refractivity (Wildman–Crippen MR) is 131 cm³/mol. The van der Waals surface area contributed by atoms with Gasteiger partial charge in [0, 0.05) is 30.6 Å². The van der Waals surface area contributed by atoms with Crippen molar-refractivity contribution >= 4 is 23.3 Å². The second-order valence-corrected chi connectivity index (χ2v) is 7.65. The molecule has 2 aromatic heterocycles. The van der Waals surface area contributed by atoms with Crippen molar-refractivity contribution in [1.82, 2.24) is 15.0 Å². The minimum absolute atomic E-state index is 0. The van der Waals surface area contributed by atoms with Gasteiger partial charge < -0.3 is 10.7 Å². The summed E-state index contributed by atoms with van der Waals surface area (Å²) in [5, 5.41) is 1.20. The van der Waals surface area contributed by atoms with E-state index in [9.17, 15) is 0 Å². The molecular weight excluding hydrogens is 392 g/mol. The molecule has 0 atom stereocenters. The Morgan fingerprint density at radius 3 is 2.20 bits per heavy atom. The number of aromatic nitrogens is 3. The highest BCUT2D eigenvalue weighted by Gasteiger charge is 2.00. The number of rotatable bonds is 12. The summed E-state index contributed by atoms with van der Waals surface area (Å²) in [6, 6.07) is 12.1. The van der Waals surface area contributed by atoms with Crippen molar-refractivity contribution in [1.29, 1.82) is 0 Å².